The number of nitrogens with one attached hydrogen (secondary N) is 1. The maximum atomic E-state index is 14.8. The fraction of sp³-hybridized carbons (Fsp3) is 0.250. The van der Waals surface area contributed by atoms with Gasteiger partial charge in [0.2, 0.25) is 0 Å². The van der Waals surface area contributed by atoms with Gasteiger partial charge in [0.15, 0.2) is 5.82 Å². The molecule has 9 heteroatoms. The first-order valence-electron chi connectivity index (χ1n) is 10.6. The standard InChI is InChI=1S/C24H24FN7O/c1-14(2)23-29-30-31-32(23)19-11-17(20-6-5-15(3)9-21(20)25)10-18(12-19)24(33)28-16(4)22-13-26-7-8-27-22/h5-14,16H,1-4H3,(H,28,33)/t16-/m0/s1. The summed E-state index contributed by atoms with van der Waals surface area (Å²) in [5.74, 6) is -0.0142. The molecule has 0 spiro atoms. The van der Waals surface area contributed by atoms with E-state index < -0.39 is 0 Å². The summed E-state index contributed by atoms with van der Waals surface area (Å²) in [6.07, 6.45) is 4.74. The van der Waals surface area contributed by atoms with Crippen LogP contribution in [0.2, 0.25) is 0 Å². The molecule has 168 valence electrons. The Morgan fingerprint density at radius 2 is 1.91 bits per heavy atom. The molecule has 4 rings (SSSR count). The van der Waals surface area contributed by atoms with E-state index in [1.54, 1.807) is 47.5 Å². The summed E-state index contributed by atoms with van der Waals surface area (Å²) in [6, 6.07) is 9.77. The predicted octanol–water partition coefficient (Wildman–Crippen LogP) is 4.18. The van der Waals surface area contributed by atoms with Crippen LogP contribution in [0.4, 0.5) is 4.39 Å². The highest BCUT2D eigenvalue weighted by molar-refractivity contribution is 5.96. The largest absolute Gasteiger partial charge is 0.344 e. The molecule has 0 aliphatic heterocycles. The number of carbonyl (C=O) groups is 1. The van der Waals surface area contributed by atoms with Gasteiger partial charge in [-0.1, -0.05) is 26.0 Å². The maximum Gasteiger partial charge on any atom is 0.251 e. The van der Waals surface area contributed by atoms with Gasteiger partial charge in [-0.15, -0.1) is 5.10 Å². The monoisotopic (exact) mass is 445 g/mol. The quantitative estimate of drug-likeness (QED) is 0.478. The van der Waals surface area contributed by atoms with Crippen LogP contribution < -0.4 is 5.32 Å². The SMILES string of the molecule is Cc1ccc(-c2cc(C(=O)N[C@@H](C)c3cnccn3)cc(-n3nnnc3C(C)C)c2)c(F)c1. The smallest absolute Gasteiger partial charge is 0.251 e. The van der Waals surface area contributed by atoms with Crippen molar-refractivity contribution in [1.82, 2.24) is 35.5 Å². The van der Waals surface area contributed by atoms with Crippen molar-refractivity contribution in [3.63, 3.8) is 0 Å². The van der Waals surface area contributed by atoms with Crippen LogP contribution in [-0.2, 0) is 0 Å². The van der Waals surface area contributed by atoms with Gasteiger partial charge in [-0.3, -0.25) is 14.8 Å². The van der Waals surface area contributed by atoms with E-state index in [-0.39, 0.29) is 23.7 Å². The number of hydrogen-bond donors (Lipinski definition) is 1. The van der Waals surface area contributed by atoms with Crippen molar-refractivity contribution >= 4 is 5.91 Å². The van der Waals surface area contributed by atoms with Crippen molar-refractivity contribution in [2.45, 2.75) is 39.7 Å². The van der Waals surface area contributed by atoms with Crippen molar-refractivity contribution in [3.05, 3.63) is 83.5 Å². The van der Waals surface area contributed by atoms with Gasteiger partial charge in [-0.25, -0.2) is 4.39 Å². The molecular formula is C24H24FN7O. The molecule has 1 amide bonds. The minimum atomic E-state index is -0.368. The van der Waals surface area contributed by atoms with E-state index in [2.05, 4.69) is 30.8 Å². The topological polar surface area (TPSA) is 98.5 Å². The van der Waals surface area contributed by atoms with E-state index in [4.69, 9.17) is 0 Å². The molecule has 2 heterocycles. The van der Waals surface area contributed by atoms with Crippen LogP contribution in [0.15, 0.2) is 55.0 Å². The van der Waals surface area contributed by atoms with Crippen molar-refractivity contribution in [2.24, 2.45) is 0 Å². The molecule has 2 aromatic carbocycles. The summed E-state index contributed by atoms with van der Waals surface area (Å²) >= 11 is 0. The van der Waals surface area contributed by atoms with Gasteiger partial charge in [-0.2, -0.15) is 4.68 Å². The van der Waals surface area contributed by atoms with E-state index in [1.165, 1.54) is 6.07 Å². The average Bonchev–Trinajstić information content (AvgIpc) is 3.30. The molecule has 1 atom stereocenters. The molecule has 0 unspecified atom stereocenters. The number of halogens is 1. The molecule has 4 aromatic rings. The fourth-order valence-corrected chi connectivity index (χ4v) is 3.50. The van der Waals surface area contributed by atoms with Crippen LogP contribution in [-0.4, -0.2) is 36.1 Å². The summed E-state index contributed by atoms with van der Waals surface area (Å²) < 4.78 is 16.4. The number of benzene rings is 2. The normalized spacial score (nSPS) is 12.1. The Labute approximate surface area is 190 Å². The number of hydrogen-bond acceptors (Lipinski definition) is 6. The number of tetrazole rings is 1. The van der Waals surface area contributed by atoms with Crippen molar-refractivity contribution in [3.8, 4) is 16.8 Å². The molecule has 0 fully saturated rings. The number of rotatable bonds is 6. The second-order valence-electron chi connectivity index (χ2n) is 8.18. The lowest BCUT2D eigenvalue weighted by Crippen LogP contribution is -2.27. The Morgan fingerprint density at radius 1 is 1.09 bits per heavy atom. The molecule has 0 saturated carbocycles. The zero-order chi connectivity index (χ0) is 23.5. The van der Waals surface area contributed by atoms with Crippen LogP contribution >= 0.6 is 0 Å². The lowest BCUT2D eigenvalue weighted by Gasteiger charge is -2.16. The summed E-state index contributed by atoms with van der Waals surface area (Å²) in [5.41, 5.74) is 3.30. The highest BCUT2D eigenvalue weighted by atomic mass is 19.1. The maximum absolute atomic E-state index is 14.8. The molecule has 0 aliphatic rings. The van der Waals surface area contributed by atoms with Crippen LogP contribution in [0.5, 0.6) is 0 Å². The molecule has 2 aromatic heterocycles. The van der Waals surface area contributed by atoms with Gasteiger partial charge in [0.1, 0.15) is 5.82 Å². The zero-order valence-corrected chi connectivity index (χ0v) is 18.8. The van der Waals surface area contributed by atoms with Gasteiger partial charge < -0.3 is 5.32 Å². The van der Waals surface area contributed by atoms with Crippen LogP contribution in [0.25, 0.3) is 16.8 Å². The highest BCUT2D eigenvalue weighted by Crippen LogP contribution is 2.28. The first-order valence-corrected chi connectivity index (χ1v) is 10.6. The summed E-state index contributed by atoms with van der Waals surface area (Å²) in [6.45, 7) is 7.60. The lowest BCUT2D eigenvalue weighted by atomic mass is 9.99. The zero-order valence-electron chi connectivity index (χ0n) is 18.8. The molecular weight excluding hydrogens is 421 g/mol. The van der Waals surface area contributed by atoms with Gasteiger partial charge in [0.05, 0.1) is 23.6 Å². The molecule has 0 saturated heterocycles. The van der Waals surface area contributed by atoms with E-state index in [0.717, 1.165) is 5.56 Å². The number of carbonyl (C=O) groups excluding carboxylic acids is 1. The van der Waals surface area contributed by atoms with Crippen LogP contribution in [0.1, 0.15) is 60.2 Å². The number of amides is 1. The van der Waals surface area contributed by atoms with Crippen LogP contribution in [0, 0.1) is 12.7 Å². The third kappa shape index (κ3) is 4.77. The van der Waals surface area contributed by atoms with Crippen LogP contribution in [0.3, 0.4) is 0 Å². The Kier molecular flexibility index (Phi) is 6.21. The summed E-state index contributed by atoms with van der Waals surface area (Å²) in [5, 5.41) is 14.9. The minimum Gasteiger partial charge on any atom is -0.344 e. The number of nitrogens with zero attached hydrogens (tertiary/aromatic N) is 6. The molecule has 0 bridgehead atoms. The molecule has 8 nitrogen and oxygen atoms in total. The first-order chi connectivity index (χ1) is 15.8. The Hall–Kier alpha value is -4.01. The predicted molar refractivity (Wildman–Crippen MR) is 121 cm³/mol. The third-order valence-corrected chi connectivity index (χ3v) is 5.24. The number of aromatic nitrogens is 6. The summed E-state index contributed by atoms with van der Waals surface area (Å²) in [4.78, 5) is 21.5. The van der Waals surface area contributed by atoms with E-state index in [1.807, 2.05) is 33.8 Å². The third-order valence-electron chi connectivity index (χ3n) is 5.24. The lowest BCUT2D eigenvalue weighted by molar-refractivity contribution is 0.0939. The minimum absolute atomic E-state index is 0.0497. The molecule has 0 radical (unpaired) electrons. The number of aryl methyl sites for hydroxylation is 1. The van der Waals surface area contributed by atoms with Gasteiger partial charge in [-0.05, 0) is 59.7 Å². The van der Waals surface area contributed by atoms with Gasteiger partial charge in [0.25, 0.3) is 5.91 Å². The van der Waals surface area contributed by atoms with E-state index in [9.17, 15) is 9.18 Å². The highest BCUT2D eigenvalue weighted by Gasteiger charge is 2.19. The fourth-order valence-electron chi connectivity index (χ4n) is 3.50. The van der Waals surface area contributed by atoms with Crippen molar-refractivity contribution < 1.29 is 9.18 Å². The Bertz CT molecular complexity index is 1290. The van der Waals surface area contributed by atoms with Crippen molar-refractivity contribution in [1.29, 1.82) is 0 Å². The van der Waals surface area contributed by atoms with Gasteiger partial charge in [0, 0.05) is 29.4 Å². The van der Waals surface area contributed by atoms with E-state index in [0.29, 0.717) is 33.9 Å². The summed E-state index contributed by atoms with van der Waals surface area (Å²) in [7, 11) is 0. The molecule has 1 N–H and O–H groups in total. The Morgan fingerprint density at radius 3 is 2.61 bits per heavy atom. The van der Waals surface area contributed by atoms with Gasteiger partial charge >= 0.3 is 0 Å². The molecule has 33 heavy (non-hydrogen) atoms. The second kappa shape index (κ2) is 9.23. The molecule has 0 aliphatic carbocycles. The van der Waals surface area contributed by atoms with Crippen molar-refractivity contribution in [2.75, 3.05) is 0 Å². The van der Waals surface area contributed by atoms with E-state index >= 15 is 0 Å². The Balaban J connectivity index is 1.79. The average molecular weight is 446 g/mol. The second-order valence-corrected chi connectivity index (χ2v) is 8.18. The first kappa shape index (κ1) is 22.2.